The zero-order valence-electron chi connectivity index (χ0n) is 16.5. The average molecular weight is 370 g/mol. The van der Waals surface area contributed by atoms with Gasteiger partial charge >= 0.3 is 0 Å². The molecule has 1 saturated carbocycles. The van der Waals surface area contributed by atoms with Gasteiger partial charge in [0.15, 0.2) is 0 Å². The van der Waals surface area contributed by atoms with Crippen molar-refractivity contribution in [2.75, 3.05) is 13.1 Å². The number of sulfone groups is 1. The maximum absolute atomic E-state index is 12.7. The summed E-state index contributed by atoms with van der Waals surface area (Å²) in [5, 5.41) is -0.195. The monoisotopic (exact) mass is 369 g/mol. The van der Waals surface area contributed by atoms with Crippen molar-refractivity contribution < 1.29 is 8.42 Å². The Hall–Kier alpha value is -0.880. The summed E-state index contributed by atoms with van der Waals surface area (Å²) in [6, 6.07) is 0. The zero-order chi connectivity index (χ0) is 18.6. The molecule has 0 spiro atoms. The van der Waals surface area contributed by atoms with Gasteiger partial charge in [-0.3, -0.25) is 4.90 Å². The highest BCUT2D eigenvalue weighted by molar-refractivity contribution is 7.91. The van der Waals surface area contributed by atoms with E-state index >= 15 is 0 Å². The van der Waals surface area contributed by atoms with E-state index in [1.807, 2.05) is 4.57 Å². The summed E-state index contributed by atoms with van der Waals surface area (Å²) in [6.07, 6.45) is 6.52. The van der Waals surface area contributed by atoms with E-state index in [9.17, 15) is 8.42 Å². The van der Waals surface area contributed by atoms with E-state index in [-0.39, 0.29) is 5.16 Å². The van der Waals surface area contributed by atoms with E-state index in [2.05, 4.69) is 30.7 Å². The molecule has 6 heteroatoms. The fraction of sp³-hybridized carbons (Fsp3) is 0.842. The smallest absolute Gasteiger partial charge is 0.228 e. The predicted octanol–water partition coefficient (Wildman–Crippen LogP) is 3.73. The van der Waals surface area contributed by atoms with Crippen molar-refractivity contribution in [1.82, 2.24) is 14.5 Å². The highest BCUT2D eigenvalue weighted by Gasteiger charge is 2.28. The predicted molar refractivity (Wildman–Crippen MR) is 102 cm³/mol. The van der Waals surface area contributed by atoms with E-state index in [1.165, 1.54) is 12.8 Å². The first-order chi connectivity index (χ1) is 11.8. The molecule has 1 aliphatic rings. The van der Waals surface area contributed by atoms with Gasteiger partial charge in [-0.1, -0.05) is 20.8 Å². The lowest BCUT2D eigenvalue weighted by Crippen LogP contribution is -2.28. The Kier molecular flexibility index (Phi) is 7.09. The molecule has 1 aromatic heterocycles. The van der Waals surface area contributed by atoms with Crippen LogP contribution in [0.25, 0.3) is 0 Å². The summed E-state index contributed by atoms with van der Waals surface area (Å²) >= 11 is 0. The van der Waals surface area contributed by atoms with Crippen LogP contribution in [0.2, 0.25) is 0 Å². The lowest BCUT2D eigenvalue weighted by Gasteiger charge is -2.23. The molecular formula is C19H35N3O2S. The Labute approximate surface area is 153 Å². The first-order valence-corrected chi connectivity index (χ1v) is 11.3. The standard InChI is InChI=1S/C19H35N3O2S/c1-6-10-21(13-17-7-8-17)14-18-12-20-19(25(23,24)16(4)5)22(18)11-9-15(2)3/h12,15-17H,6-11,13-14H2,1-5H3. The molecule has 0 aliphatic heterocycles. The van der Waals surface area contributed by atoms with Crippen molar-refractivity contribution in [3.8, 4) is 0 Å². The van der Waals surface area contributed by atoms with E-state index in [0.29, 0.717) is 5.92 Å². The van der Waals surface area contributed by atoms with Crippen LogP contribution < -0.4 is 0 Å². The third-order valence-corrected chi connectivity index (χ3v) is 6.92. The Morgan fingerprint density at radius 2 is 1.96 bits per heavy atom. The highest BCUT2D eigenvalue weighted by atomic mass is 32.2. The lowest BCUT2D eigenvalue weighted by atomic mass is 10.1. The summed E-state index contributed by atoms with van der Waals surface area (Å²) < 4.78 is 27.4. The maximum Gasteiger partial charge on any atom is 0.228 e. The summed E-state index contributed by atoms with van der Waals surface area (Å²) in [5.74, 6) is 1.36. The first-order valence-electron chi connectivity index (χ1n) is 9.76. The van der Waals surface area contributed by atoms with E-state index in [0.717, 1.165) is 50.6 Å². The lowest BCUT2D eigenvalue weighted by molar-refractivity contribution is 0.247. The molecule has 5 nitrogen and oxygen atoms in total. The quantitative estimate of drug-likeness (QED) is 0.596. The number of hydrogen-bond acceptors (Lipinski definition) is 4. The Balaban J connectivity index is 2.27. The normalized spacial score (nSPS) is 15.7. The van der Waals surface area contributed by atoms with Crippen molar-refractivity contribution >= 4 is 9.84 Å². The minimum atomic E-state index is -3.36. The van der Waals surface area contributed by atoms with Crippen LogP contribution in [0, 0.1) is 11.8 Å². The third kappa shape index (κ3) is 5.55. The molecule has 1 aliphatic carbocycles. The molecule has 144 valence electrons. The average Bonchev–Trinajstić information content (AvgIpc) is 3.23. The van der Waals surface area contributed by atoms with Gasteiger partial charge in [-0.05, 0) is 57.9 Å². The number of imidazole rings is 1. The van der Waals surface area contributed by atoms with Crippen LogP contribution in [0.1, 0.15) is 66.0 Å². The van der Waals surface area contributed by atoms with Crippen LogP contribution in [0.3, 0.4) is 0 Å². The minimum absolute atomic E-state index is 0.251. The number of nitrogens with zero attached hydrogens (tertiary/aromatic N) is 3. The van der Waals surface area contributed by atoms with Crippen molar-refractivity contribution in [3.05, 3.63) is 11.9 Å². The molecule has 0 N–H and O–H groups in total. The van der Waals surface area contributed by atoms with Gasteiger partial charge in [0.05, 0.1) is 17.1 Å². The van der Waals surface area contributed by atoms with Gasteiger partial charge in [0, 0.05) is 19.6 Å². The van der Waals surface area contributed by atoms with E-state index < -0.39 is 15.1 Å². The van der Waals surface area contributed by atoms with Gasteiger partial charge in [0.25, 0.3) is 0 Å². The molecule has 0 unspecified atom stereocenters. The van der Waals surface area contributed by atoms with Gasteiger partial charge in [-0.2, -0.15) is 0 Å². The number of rotatable bonds is 11. The minimum Gasteiger partial charge on any atom is -0.318 e. The van der Waals surface area contributed by atoms with Crippen LogP contribution in [0.4, 0.5) is 0 Å². The SMILES string of the molecule is CCCN(Cc1cnc(S(=O)(=O)C(C)C)n1CCC(C)C)CC1CC1. The Bertz CT molecular complexity index is 646. The molecule has 0 atom stereocenters. The Morgan fingerprint density at radius 3 is 2.48 bits per heavy atom. The fourth-order valence-corrected chi connectivity index (χ4v) is 4.17. The van der Waals surface area contributed by atoms with Crippen molar-refractivity contribution in [2.45, 2.75) is 83.8 Å². The summed E-state index contributed by atoms with van der Waals surface area (Å²) in [6.45, 7) is 13.7. The van der Waals surface area contributed by atoms with Crippen LogP contribution >= 0.6 is 0 Å². The topological polar surface area (TPSA) is 55.2 Å². The molecular weight excluding hydrogens is 334 g/mol. The summed E-state index contributed by atoms with van der Waals surface area (Å²) in [4.78, 5) is 6.81. The summed E-state index contributed by atoms with van der Waals surface area (Å²) in [5.41, 5.74) is 1.04. The molecule has 0 amide bonds. The van der Waals surface area contributed by atoms with Crippen LogP contribution in [0.15, 0.2) is 11.4 Å². The fourth-order valence-electron chi connectivity index (χ4n) is 3.03. The molecule has 1 heterocycles. The van der Waals surface area contributed by atoms with E-state index in [4.69, 9.17) is 0 Å². The number of hydrogen-bond donors (Lipinski definition) is 0. The molecule has 0 radical (unpaired) electrons. The van der Waals surface area contributed by atoms with Crippen molar-refractivity contribution in [1.29, 1.82) is 0 Å². The third-order valence-electron chi connectivity index (χ3n) is 4.85. The number of aromatic nitrogens is 2. The molecule has 25 heavy (non-hydrogen) atoms. The van der Waals surface area contributed by atoms with E-state index in [1.54, 1.807) is 20.0 Å². The van der Waals surface area contributed by atoms with Gasteiger partial charge in [0.2, 0.25) is 15.0 Å². The molecule has 1 aromatic rings. The maximum atomic E-state index is 12.7. The second-order valence-corrected chi connectivity index (χ2v) is 10.5. The zero-order valence-corrected chi connectivity index (χ0v) is 17.3. The summed E-state index contributed by atoms with van der Waals surface area (Å²) in [7, 11) is -3.36. The van der Waals surface area contributed by atoms with Gasteiger partial charge in [-0.15, -0.1) is 0 Å². The van der Waals surface area contributed by atoms with Gasteiger partial charge < -0.3 is 4.57 Å². The van der Waals surface area contributed by atoms with Crippen LogP contribution in [-0.2, 0) is 22.9 Å². The van der Waals surface area contributed by atoms with Crippen molar-refractivity contribution in [3.63, 3.8) is 0 Å². The molecule has 0 aromatic carbocycles. The molecule has 0 saturated heterocycles. The first kappa shape index (κ1) is 20.4. The van der Waals surface area contributed by atoms with Gasteiger partial charge in [0.1, 0.15) is 0 Å². The van der Waals surface area contributed by atoms with Crippen molar-refractivity contribution in [2.24, 2.45) is 11.8 Å². The highest BCUT2D eigenvalue weighted by Crippen LogP contribution is 2.30. The molecule has 0 bridgehead atoms. The Morgan fingerprint density at radius 1 is 1.28 bits per heavy atom. The second kappa shape index (κ2) is 8.67. The van der Waals surface area contributed by atoms with Crippen LogP contribution in [-0.4, -0.2) is 41.2 Å². The van der Waals surface area contributed by atoms with Crippen LogP contribution in [0.5, 0.6) is 0 Å². The molecule has 1 fully saturated rings. The van der Waals surface area contributed by atoms with Gasteiger partial charge in [-0.25, -0.2) is 13.4 Å². The largest absolute Gasteiger partial charge is 0.318 e. The molecule has 2 rings (SSSR count). The second-order valence-electron chi connectivity index (χ2n) is 8.14.